The lowest BCUT2D eigenvalue weighted by Gasteiger charge is -2.25. The van der Waals surface area contributed by atoms with Crippen molar-refractivity contribution in [1.29, 1.82) is 0 Å². The number of likely N-dealkylation sites (tertiary alicyclic amines) is 1. The minimum absolute atomic E-state index is 0.567. The second-order valence-corrected chi connectivity index (χ2v) is 5.60. The molecular weight excluding hydrogens is 308 g/mol. The third-order valence-electron chi connectivity index (χ3n) is 3.87. The van der Waals surface area contributed by atoms with Gasteiger partial charge in [0.05, 0.1) is 14.2 Å². The molecule has 1 saturated heterocycles. The fourth-order valence-electron chi connectivity index (χ4n) is 2.69. The normalized spacial score (nSPS) is 23.6. The van der Waals surface area contributed by atoms with Gasteiger partial charge in [-0.1, -0.05) is 22.9 Å². The third-order valence-corrected chi connectivity index (χ3v) is 4.54. The zero-order valence-corrected chi connectivity index (χ0v) is 13.3. The Bertz CT molecular complexity index is 428. The minimum Gasteiger partial charge on any atom is -0.493 e. The molecule has 1 aliphatic heterocycles. The topological polar surface area (TPSA) is 34.6 Å². The van der Waals surface area contributed by atoms with E-state index < -0.39 is 0 Å². The highest BCUT2D eigenvalue weighted by atomic mass is 79.9. The predicted octanol–water partition coefficient (Wildman–Crippen LogP) is 2.70. The Balaban J connectivity index is 2.19. The van der Waals surface area contributed by atoms with Gasteiger partial charge in [-0.3, -0.25) is 9.88 Å². The van der Waals surface area contributed by atoms with Gasteiger partial charge in [0.1, 0.15) is 5.69 Å². The van der Waals surface area contributed by atoms with Crippen molar-refractivity contribution in [3.63, 3.8) is 0 Å². The largest absolute Gasteiger partial charge is 0.493 e. The monoisotopic (exact) mass is 328 g/mol. The second kappa shape index (κ2) is 6.57. The zero-order valence-electron chi connectivity index (χ0n) is 11.7. The Kier molecular flexibility index (Phi) is 5.05. The van der Waals surface area contributed by atoms with Crippen LogP contribution in [0.5, 0.6) is 11.5 Å². The Labute approximate surface area is 123 Å². The van der Waals surface area contributed by atoms with Gasteiger partial charge in [0, 0.05) is 30.2 Å². The van der Waals surface area contributed by atoms with E-state index in [0.29, 0.717) is 6.04 Å². The molecule has 1 aliphatic rings. The molecule has 2 unspecified atom stereocenters. The zero-order chi connectivity index (χ0) is 13.8. The van der Waals surface area contributed by atoms with Gasteiger partial charge in [-0.2, -0.15) is 0 Å². The van der Waals surface area contributed by atoms with Crippen molar-refractivity contribution in [2.45, 2.75) is 25.9 Å². The molecule has 1 aromatic heterocycles. The number of halogens is 1. The molecule has 1 aromatic rings. The fraction of sp³-hybridized carbons (Fsp3) is 0.643. The number of aromatic nitrogens is 1. The summed E-state index contributed by atoms with van der Waals surface area (Å²) in [7, 11) is 3.32. The van der Waals surface area contributed by atoms with Crippen LogP contribution >= 0.6 is 15.9 Å². The minimum atomic E-state index is 0.567. The van der Waals surface area contributed by atoms with Crippen molar-refractivity contribution in [2.24, 2.45) is 5.92 Å². The summed E-state index contributed by atoms with van der Waals surface area (Å²) in [5, 5.41) is 1.00. The van der Waals surface area contributed by atoms with Gasteiger partial charge in [0.15, 0.2) is 11.5 Å². The summed E-state index contributed by atoms with van der Waals surface area (Å²) >= 11 is 3.62. The molecule has 0 saturated carbocycles. The standard InChI is InChI=1S/C14H21BrN2O2/c1-10-5-7-17(12(10)8-15)9-11-14(19-3)13(18-2)4-6-16-11/h4,6,10,12H,5,7-9H2,1-3H3. The van der Waals surface area contributed by atoms with Gasteiger partial charge in [0.2, 0.25) is 0 Å². The van der Waals surface area contributed by atoms with Crippen molar-refractivity contribution >= 4 is 15.9 Å². The Morgan fingerprint density at radius 2 is 2.21 bits per heavy atom. The molecule has 0 radical (unpaired) electrons. The van der Waals surface area contributed by atoms with Gasteiger partial charge in [0.25, 0.3) is 0 Å². The van der Waals surface area contributed by atoms with Crippen LogP contribution in [-0.2, 0) is 6.54 Å². The first-order valence-corrected chi connectivity index (χ1v) is 7.69. The number of alkyl halides is 1. The molecule has 0 amide bonds. The fourth-order valence-corrected chi connectivity index (χ4v) is 3.74. The highest BCUT2D eigenvalue weighted by Gasteiger charge is 2.31. The molecule has 2 rings (SSSR count). The van der Waals surface area contributed by atoms with Crippen LogP contribution in [0.25, 0.3) is 0 Å². The Morgan fingerprint density at radius 3 is 2.84 bits per heavy atom. The molecule has 19 heavy (non-hydrogen) atoms. The van der Waals surface area contributed by atoms with Gasteiger partial charge < -0.3 is 9.47 Å². The Hall–Kier alpha value is -0.810. The number of nitrogens with zero attached hydrogens (tertiary/aromatic N) is 2. The van der Waals surface area contributed by atoms with Crippen LogP contribution in [0, 0.1) is 5.92 Å². The average molecular weight is 329 g/mol. The molecule has 0 N–H and O–H groups in total. The van der Waals surface area contributed by atoms with Crippen LogP contribution in [0.4, 0.5) is 0 Å². The maximum absolute atomic E-state index is 5.45. The molecule has 0 spiro atoms. The lowest BCUT2D eigenvalue weighted by molar-refractivity contribution is 0.236. The predicted molar refractivity (Wildman–Crippen MR) is 79.1 cm³/mol. The van der Waals surface area contributed by atoms with E-state index in [4.69, 9.17) is 9.47 Å². The van der Waals surface area contributed by atoms with E-state index in [0.717, 1.165) is 41.5 Å². The average Bonchev–Trinajstić information content (AvgIpc) is 2.78. The summed E-state index contributed by atoms with van der Waals surface area (Å²) in [5.41, 5.74) is 0.946. The lowest BCUT2D eigenvalue weighted by Crippen LogP contribution is -2.33. The van der Waals surface area contributed by atoms with Gasteiger partial charge in [-0.15, -0.1) is 0 Å². The number of hydrogen-bond donors (Lipinski definition) is 0. The number of methoxy groups -OCH3 is 2. The van der Waals surface area contributed by atoms with Crippen LogP contribution in [0.15, 0.2) is 12.3 Å². The summed E-state index contributed by atoms with van der Waals surface area (Å²) in [4.78, 5) is 6.92. The molecule has 0 bridgehead atoms. The van der Waals surface area contributed by atoms with E-state index in [2.05, 4.69) is 32.7 Å². The van der Waals surface area contributed by atoms with Crippen LogP contribution < -0.4 is 9.47 Å². The smallest absolute Gasteiger partial charge is 0.183 e. The van der Waals surface area contributed by atoms with E-state index in [1.807, 2.05) is 6.07 Å². The molecule has 0 aromatic carbocycles. The molecule has 106 valence electrons. The maximum Gasteiger partial charge on any atom is 0.183 e. The van der Waals surface area contributed by atoms with Gasteiger partial charge in [-0.05, 0) is 18.9 Å². The number of ether oxygens (including phenoxy) is 2. The van der Waals surface area contributed by atoms with Crippen molar-refractivity contribution in [3.05, 3.63) is 18.0 Å². The van der Waals surface area contributed by atoms with Crippen LogP contribution in [0.2, 0.25) is 0 Å². The molecular formula is C14H21BrN2O2. The first-order chi connectivity index (χ1) is 9.21. The summed E-state index contributed by atoms with van der Waals surface area (Å²) in [6.07, 6.45) is 3.02. The van der Waals surface area contributed by atoms with E-state index in [9.17, 15) is 0 Å². The van der Waals surface area contributed by atoms with E-state index in [1.54, 1.807) is 20.4 Å². The highest BCUT2D eigenvalue weighted by Crippen LogP contribution is 2.33. The van der Waals surface area contributed by atoms with E-state index >= 15 is 0 Å². The second-order valence-electron chi connectivity index (χ2n) is 4.95. The van der Waals surface area contributed by atoms with Gasteiger partial charge >= 0.3 is 0 Å². The summed E-state index contributed by atoms with van der Waals surface area (Å²) < 4.78 is 10.8. The van der Waals surface area contributed by atoms with Crippen LogP contribution in [-0.4, -0.2) is 42.0 Å². The SMILES string of the molecule is COc1ccnc(CN2CCC(C)C2CBr)c1OC. The molecule has 4 nitrogen and oxygen atoms in total. The van der Waals surface area contributed by atoms with Crippen molar-refractivity contribution in [3.8, 4) is 11.5 Å². The van der Waals surface area contributed by atoms with Crippen molar-refractivity contribution < 1.29 is 9.47 Å². The summed E-state index contributed by atoms with van der Waals surface area (Å²) in [5.74, 6) is 2.21. The van der Waals surface area contributed by atoms with Crippen molar-refractivity contribution in [1.82, 2.24) is 9.88 Å². The molecule has 5 heteroatoms. The molecule has 0 aliphatic carbocycles. The van der Waals surface area contributed by atoms with Crippen molar-refractivity contribution in [2.75, 3.05) is 26.1 Å². The van der Waals surface area contributed by atoms with Crippen LogP contribution in [0.3, 0.4) is 0 Å². The number of hydrogen-bond acceptors (Lipinski definition) is 4. The highest BCUT2D eigenvalue weighted by molar-refractivity contribution is 9.09. The Morgan fingerprint density at radius 1 is 1.42 bits per heavy atom. The quantitative estimate of drug-likeness (QED) is 0.778. The third kappa shape index (κ3) is 3.03. The summed E-state index contributed by atoms with van der Waals surface area (Å²) in [6, 6.07) is 2.40. The lowest BCUT2D eigenvalue weighted by atomic mass is 10.1. The maximum atomic E-state index is 5.45. The first-order valence-electron chi connectivity index (χ1n) is 6.57. The van der Waals surface area contributed by atoms with Crippen LogP contribution in [0.1, 0.15) is 19.0 Å². The first kappa shape index (κ1) is 14.6. The summed E-state index contributed by atoms with van der Waals surface area (Å²) in [6.45, 7) is 4.22. The number of rotatable bonds is 5. The molecule has 2 atom stereocenters. The van der Waals surface area contributed by atoms with E-state index in [1.165, 1.54) is 6.42 Å². The van der Waals surface area contributed by atoms with E-state index in [-0.39, 0.29) is 0 Å². The number of pyridine rings is 1. The van der Waals surface area contributed by atoms with Gasteiger partial charge in [-0.25, -0.2) is 0 Å². The molecule has 2 heterocycles. The molecule has 1 fully saturated rings.